The SMILES string of the molecule is CCc1nn(C)c2n[nH]c(NC(=O)C3Cc4ccc(F)cc43)c12. The summed E-state index contributed by atoms with van der Waals surface area (Å²) in [6.45, 7) is 2.01. The van der Waals surface area contributed by atoms with E-state index in [2.05, 4.69) is 20.6 Å². The van der Waals surface area contributed by atoms with Crippen LogP contribution < -0.4 is 5.32 Å². The van der Waals surface area contributed by atoms with Crippen molar-refractivity contribution in [1.82, 2.24) is 20.0 Å². The molecule has 0 bridgehead atoms. The van der Waals surface area contributed by atoms with Crippen molar-refractivity contribution in [3.63, 3.8) is 0 Å². The van der Waals surface area contributed by atoms with Crippen molar-refractivity contribution in [2.24, 2.45) is 7.05 Å². The molecule has 7 heteroatoms. The fourth-order valence-corrected chi connectivity index (χ4v) is 3.18. The number of anilines is 1. The van der Waals surface area contributed by atoms with Gasteiger partial charge in [0.2, 0.25) is 5.91 Å². The van der Waals surface area contributed by atoms with Crippen molar-refractivity contribution < 1.29 is 9.18 Å². The van der Waals surface area contributed by atoms with Crippen LogP contribution in [-0.2, 0) is 24.7 Å². The maximum absolute atomic E-state index is 13.3. The first-order valence-corrected chi connectivity index (χ1v) is 7.57. The summed E-state index contributed by atoms with van der Waals surface area (Å²) in [4.78, 5) is 12.5. The van der Waals surface area contributed by atoms with E-state index in [0.717, 1.165) is 28.6 Å². The molecule has 1 aliphatic rings. The summed E-state index contributed by atoms with van der Waals surface area (Å²) in [5.74, 6) is -0.231. The molecule has 6 nitrogen and oxygen atoms in total. The molecule has 23 heavy (non-hydrogen) atoms. The summed E-state index contributed by atoms with van der Waals surface area (Å²) in [5.41, 5.74) is 3.38. The molecule has 1 aliphatic carbocycles. The third-order valence-corrected chi connectivity index (χ3v) is 4.42. The Hall–Kier alpha value is -2.70. The number of hydrogen-bond acceptors (Lipinski definition) is 3. The predicted molar refractivity (Wildman–Crippen MR) is 83.7 cm³/mol. The molecule has 2 aromatic heterocycles. The number of halogens is 1. The summed E-state index contributed by atoms with van der Waals surface area (Å²) in [6.07, 6.45) is 1.38. The zero-order chi connectivity index (χ0) is 16.1. The van der Waals surface area contributed by atoms with E-state index in [4.69, 9.17) is 0 Å². The molecule has 0 aliphatic heterocycles. The highest BCUT2D eigenvalue weighted by Gasteiger charge is 2.33. The molecular weight excluding hydrogens is 297 g/mol. The molecule has 2 heterocycles. The van der Waals surface area contributed by atoms with Gasteiger partial charge in [-0.15, -0.1) is 0 Å². The van der Waals surface area contributed by atoms with Crippen molar-refractivity contribution >= 4 is 22.8 Å². The van der Waals surface area contributed by atoms with E-state index < -0.39 is 0 Å². The smallest absolute Gasteiger partial charge is 0.233 e. The van der Waals surface area contributed by atoms with Gasteiger partial charge in [-0.2, -0.15) is 10.2 Å². The highest BCUT2D eigenvalue weighted by molar-refractivity contribution is 6.03. The molecule has 2 N–H and O–H groups in total. The van der Waals surface area contributed by atoms with Crippen LogP contribution in [0, 0.1) is 5.82 Å². The van der Waals surface area contributed by atoms with E-state index in [1.54, 1.807) is 10.7 Å². The second kappa shape index (κ2) is 4.91. The molecule has 4 rings (SSSR count). The molecular formula is C16H16FN5O. The lowest BCUT2D eigenvalue weighted by Crippen LogP contribution is -2.30. The number of aryl methyl sites for hydroxylation is 2. The average molecular weight is 313 g/mol. The van der Waals surface area contributed by atoms with Crippen LogP contribution in [-0.4, -0.2) is 25.9 Å². The molecule has 118 valence electrons. The first kappa shape index (κ1) is 13.9. The van der Waals surface area contributed by atoms with Crippen LogP contribution in [0.25, 0.3) is 11.0 Å². The number of carbonyl (C=O) groups excluding carboxylic acids is 1. The zero-order valence-electron chi connectivity index (χ0n) is 12.9. The van der Waals surface area contributed by atoms with Crippen molar-refractivity contribution in [2.45, 2.75) is 25.7 Å². The molecule has 1 aromatic carbocycles. The molecule has 0 saturated heterocycles. The Morgan fingerprint density at radius 3 is 3.13 bits per heavy atom. The van der Waals surface area contributed by atoms with Crippen LogP contribution in [0.15, 0.2) is 18.2 Å². The van der Waals surface area contributed by atoms with E-state index in [0.29, 0.717) is 17.9 Å². The minimum Gasteiger partial charge on any atom is -0.310 e. The third kappa shape index (κ3) is 2.03. The van der Waals surface area contributed by atoms with Gasteiger partial charge >= 0.3 is 0 Å². The third-order valence-electron chi connectivity index (χ3n) is 4.42. The Bertz CT molecular complexity index is 926. The number of fused-ring (bicyclic) bond motifs is 2. The Morgan fingerprint density at radius 1 is 1.52 bits per heavy atom. The van der Waals surface area contributed by atoms with Crippen molar-refractivity contribution in [3.8, 4) is 0 Å². The van der Waals surface area contributed by atoms with E-state index in [1.807, 2.05) is 14.0 Å². The zero-order valence-corrected chi connectivity index (χ0v) is 12.9. The van der Waals surface area contributed by atoms with Gasteiger partial charge in [-0.25, -0.2) is 9.07 Å². The lowest BCUT2D eigenvalue weighted by molar-refractivity contribution is -0.118. The van der Waals surface area contributed by atoms with Gasteiger partial charge in [-0.1, -0.05) is 13.0 Å². The van der Waals surface area contributed by atoms with Gasteiger partial charge in [-0.05, 0) is 36.1 Å². The van der Waals surface area contributed by atoms with E-state index >= 15 is 0 Å². The summed E-state index contributed by atoms with van der Waals surface area (Å²) in [5, 5.41) is 15.2. The standard InChI is InChI=1S/C16H16FN5O/c1-3-12-13-14(19-20-15(13)22(2)21-12)18-16(23)11-6-8-4-5-9(17)7-10(8)11/h4-5,7,11H,3,6H2,1-2H3,(H2,18,19,20,23). The molecule has 1 amide bonds. The minimum atomic E-state index is -0.319. The van der Waals surface area contributed by atoms with Crippen LogP contribution >= 0.6 is 0 Å². The van der Waals surface area contributed by atoms with Crippen molar-refractivity contribution in [1.29, 1.82) is 0 Å². The van der Waals surface area contributed by atoms with Gasteiger partial charge in [0, 0.05) is 7.05 Å². The first-order valence-electron chi connectivity index (χ1n) is 7.57. The van der Waals surface area contributed by atoms with Crippen LogP contribution in [0.5, 0.6) is 0 Å². The number of aromatic amines is 1. The number of carbonyl (C=O) groups is 1. The highest BCUT2D eigenvalue weighted by atomic mass is 19.1. The minimum absolute atomic E-state index is 0.153. The Balaban J connectivity index is 1.63. The number of amides is 1. The van der Waals surface area contributed by atoms with Crippen LogP contribution in [0.4, 0.5) is 10.2 Å². The first-order chi connectivity index (χ1) is 11.1. The van der Waals surface area contributed by atoms with Gasteiger partial charge in [0.1, 0.15) is 11.6 Å². The molecule has 3 aromatic rings. The predicted octanol–water partition coefficient (Wildman–Crippen LogP) is 2.28. The van der Waals surface area contributed by atoms with Gasteiger partial charge in [0.05, 0.1) is 17.0 Å². The molecule has 1 unspecified atom stereocenters. The van der Waals surface area contributed by atoms with E-state index in [1.165, 1.54) is 12.1 Å². The molecule has 0 fully saturated rings. The lowest BCUT2D eigenvalue weighted by atomic mass is 9.77. The van der Waals surface area contributed by atoms with Gasteiger partial charge in [-0.3, -0.25) is 9.89 Å². The number of nitrogens with one attached hydrogen (secondary N) is 2. The number of aromatic nitrogens is 4. The Kier molecular flexibility index (Phi) is 2.97. The highest BCUT2D eigenvalue weighted by Crippen LogP contribution is 2.36. The second-order valence-electron chi connectivity index (χ2n) is 5.81. The van der Waals surface area contributed by atoms with E-state index in [9.17, 15) is 9.18 Å². The Morgan fingerprint density at radius 2 is 2.35 bits per heavy atom. The number of benzene rings is 1. The summed E-state index contributed by atoms with van der Waals surface area (Å²) in [6, 6.07) is 4.60. The maximum Gasteiger partial charge on any atom is 0.233 e. The number of hydrogen-bond donors (Lipinski definition) is 2. The lowest BCUT2D eigenvalue weighted by Gasteiger charge is -2.28. The number of nitrogens with zero attached hydrogens (tertiary/aromatic N) is 3. The van der Waals surface area contributed by atoms with Crippen LogP contribution in [0.3, 0.4) is 0 Å². The average Bonchev–Trinajstić information content (AvgIpc) is 3.05. The largest absolute Gasteiger partial charge is 0.310 e. The topological polar surface area (TPSA) is 75.6 Å². The van der Waals surface area contributed by atoms with Crippen molar-refractivity contribution in [2.75, 3.05) is 5.32 Å². The second-order valence-corrected chi connectivity index (χ2v) is 5.81. The summed E-state index contributed by atoms with van der Waals surface area (Å²) in [7, 11) is 1.82. The normalized spacial score (nSPS) is 16.2. The van der Waals surface area contributed by atoms with Crippen LogP contribution in [0.2, 0.25) is 0 Å². The fourth-order valence-electron chi connectivity index (χ4n) is 3.18. The molecule has 0 saturated carbocycles. The van der Waals surface area contributed by atoms with Gasteiger partial charge in [0.25, 0.3) is 0 Å². The monoisotopic (exact) mass is 313 g/mol. The molecule has 1 atom stereocenters. The quantitative estimate of drug-likeness (QED) is 0.779. The number of rotatable bonds is 3. The molecule has 0 radical (unpaired) electrons. The van der Waals surface area contributed by atoms with Gasteiger partial charge in [0.15, 0.2) is 5.65 Å². The van der Waals surface area contributed by atoms with Gasteiger partial charge < -0.3 is 5.32 Å². The Labute approximate surface area is 131 Å². The fraction of sp³-hybridized carbons (Fsp3) is 0.312. The molecule has 0 spiro atoms. The number of H-pyrrole nitrogens is 1. The summed E-state index contributed by atoms with van der Waals surface area (Å²) < 4.78 is 15.0. The maximum atomic E-state index is 13.3. The van der Waals surface area contributed by atoms with Crippen molar-refractivity contribution in [3.05, 3.63) is 40.8 Å². The van der Waals surface area contributed by atoms with Crippen LogP contribution in [0.1, 0.15) is 29.7 Å². The van der Waals surface area contributed by atoms with E-state index in [-0.39, 0.29) is 17.6 Å². The summed E-state index contributed by atoms with van der Waals surface area (Å²) >= 11 is 0.